The molecule has 0 saturated heterocycles. The number of hydrogen-bond acceptors (Lipinski definition) is 4. The van der Waals surface area contributed by atoms with Gasteiger partial charge in [0.1, 0.15) is 17.2 Å². The molecule has 0 unspecified atom stereocenters. The van der Waals surface area contributed by atoms with Crippen LogP contribution in [0.3, 0.4) is 0 Å². The zero-order valence-corrected chi connectivity index (χ0v) is 16.8. The van der Waals surface area contributed by atoms with Gasteiger partial charge in [0.05, 0.1) is 4.90 Å². The van der Waals surface area contributed by atoms with Crippen LogP contribution in [0.1, 0.15) is 11.1 Å². The molecule has 28 heavy (non-hydrogen) atoms. The van der Waals surface area contributed by atoms with Crippen molar-refractivity contribution in [1.29, 1.82) is 0 Å². The number of imidazole rings is 1. The van der Waals surface area contributed by atoms with Gasteiger partial charge in [0.15, 0.2) is 9.84 Å². The van der Waals surface area contributed by atoms with E-state index in [0.29, 0.717) is 4.90 Å². The van der Waals surface area contributed by atoms with Gasteiger partial charge in [0, 0.05) is 23.7 Å². The Hall–Kier alpha value is -3.12. The maximum Gasteiger partial charge on any atom is 0.175 e. The summed E-state index contributed by atoms with van der Waals surface area (Å²) in [4.78, 5) is 5.13. The molecule has 0 saturated carbocycles. The molecular weight excluding hydrogens is 370 g/mol. The maximum atomic E-state index is 11.8. The number of nitrogens with zero attached hydrogens (tertiary/aromatic N) is 2. The molecule has 0 aliphatic rings. The fraction of sp³-hybridized carbons (Fsp3) is 0.136. The Morgan fingerprint density at radius 1 is 0.929 bits per heavy atom. The average Bonchev–Trinajstić information content (AvgIpc) is 3.03. The predicted octanol–water partition coefficient (Wildman–Crippen LogP) is 4.77. The molecule has 142 valence electrons. The van der Waals surface area contributed by atoms with Crippen LogP contribution in [-0.4, -0.2) is 24.1 Å². The van der Waals surface area contributed by atoms with Crippen LogP contribution in [0.4, 0.5) is 11.5 Å². The molecule has 0 radical (unpaired) electrons. The summed E-state index contributed by atoms with van der Waals surface area (Å²) >= 11 is 0. The lowest BCUT2D eigenvalue weighted by atomic mass is 10.1. The molecule has 1 N–H and O–H groups in total. The van der Waals surface area contributed by atoms with Crippen LogP contribution in [0.2, 0.25) is 0 Å². The van der Waals surface area contributed by atoms with Crippen molar-refractivity contribution in [2.24, 2.45) is 0 Å². The van der Waals surface area contributed by atoms with Crippen molar-refractivity contribution in [1.82, 2.24) is 9.38 Å². The van der Waals surface area contributed by atoms with E-state index in [1.807, 2.05) is 41.8 Å². The van der Waals surface area contributed by atoms with Crippen molar-refractivity contribution >= 4 is 27.0 Å². The van der Waals surface area contributed by atoms with Gasteiger partial charge in [0.2, 0.25) is 0 Å². The molecule has 0 aliphatic carbocycles. The molecule has 4 aromatic rings. The van der Waals surface area contributed by atoms with Crippen LogP contribution in [0.15, 0.2) is 71.8 Å². The molecule has 6 heteroatoms. The molecule has 0 aliphatic heterocycles. The van der Waals surface area contributed by atoms with Crippen LogP contribution in [-0.2, 0) is 9.84 Å². The van der Waals surface area contributed by atoms with Crippen LogP contribution in [0.5, 0.6) is 0 Å². The van der Waals surface area contributed by atoms with Gasteiger partial charge in [-0.1, -0.05) is 35.9 Å². The van der Waals surface area contributed by atoms with Gasteiger partial charge in [-0.25, -0.2) is 13.4 Å². The number of aromatic nitrogens is 2. The number of fused-ring (bicyclic) bond motifs is 1. The highest BCUT2D eigenvalue weighted by atomic mass is 32.2. The Labute approximate surface area is 164 Å². The van der Waals surface area contributed by atoms with E-state index in [4.69, 9.17) is 4.98 Å². The molecule has 5 nitrogen and oxygen atoms in total. The summed E-state index contributed by atoms with van der Waals surface area (Å²) < 4.78 is 25.6. The van der Waals surface area contributed by atoms with Crippen LogP contribution in [0, 0.1) is 13.8 Å². The van der Waals surface area contributed by atoms with E-state index in [9.17, 15) is 8.42 Å². The third kappa shape index (κ3) is 3.39. The standard InChI is InChI=1S/C22H21N3O2S/c1-15-6-10-18(11-7-15)23-22-20(24-21-16(2)5-4-14-25(21)22)17-8-12-19(13-9-17)28(3,26)27/h4-14,23H,1-3H3. The molecule has 0 bridgehead atoms. The summed E-state index contributed by atoms with van der Waals surface area (Å²) in [5.74, 6) is 0.842. The normalized spacial score (nSPS) is 11.7. The third-order valence-corrected chi connectivity index (χ3v) is 5.84. The summed E-state index contributed by atoms with van der Waals surface area (Å²) in [5.41, 5.74) is 5.70. The van der Waals surface area contributed by atoms with Gasteiger partial charge < -0.3 is 5.32 Å². The van der Waals surface area contributed by atoms with Gasteiger partial charge in [0.25, 0.3) is 0 Å². The number of aryl methyl sites for hydroxylation is 2. The Morgan fingerprint density at radius 2 is 1.61 bits per heavy atom. The first kappa shape index (κ1) is 18.3. The highest BCUT2D eigenvalue weighted by molar-refractivity contribution is 7.90. The second-order valence-corrected chi connectivity index (χ2v) is 9.00. The highest BCUT2D eigenvalue weighted by Crippen LogP contribution is 2.32. The second kappa shape index (κ2) is 6.80. The first-order valence-corrected chi connectivity index (χ1v) is 10.8. The lowest BCUT2D eigenvalue weighted by molar-refractivity contribution is 0.602. The summed E-state index contributed by atoms with van der Waals surface area (Å²) in [5, 5.41) is 3.48. The van der Waals surface area contributed by atoms with Gasteiger partial charge >= 0.3 is 0 Å². The van der Waals surface area contributed by atoms with Crippen LogP contribution < -0.4 is 5.32 Å². The minimum atomic E-state index is -3.24. The van der Waals surface area contributed by atoms with E-state index >= 15 is 0 Å². The molecule has 0 atom stereocenters. The SMILES string of the molecule is Cc1ccc(Nc2c(-c3ccc(S(C)(=O)=O)cc3)nc3c(C)cccn23)cc1. The average molecular weight is 391 g/mol. The number of rotatable bonds is 4. The number of benzene rings is 2. The molecule has 2 aromatic carbocycles. The summed E-state index contributed by atoms with van der Waals surface area (Å²) in [6.07, 6.45) is 3.18. The fourth-order valence-electron chi connectivity index (χ4n) is 3.16. The largest absolute Gasteiger partial charge is 0.339 e. The Morgan fingerprint density at radius 3 is 2.25 bits per heavy atom. The quantitative estimate of drug-likeness (QED) is 0.544. The van der Waals surface area contributed by atoms with E-state index < -0.39 is 9.84 Å². The lowest BCUT2D eigenvalue weighted by Crippen LogP contribution is -1.98. The second-order valence-electron chi connectivity index (χ2n) is 6.98. The number of nitrogens with one attached hydrogen (secondary N) is 1. The van der Waals surface area contributed by atoms with Crippen molar-refractivity contribution in [2.75, 3.05) is 11.6 Å². The van der Waals surface area contributed by atoms with E-state index in [-0.39, 0.29) is 0 Å². The van der Waals surface area contributed by atoms with Crippen molar-refractivity contribution < 1.29 is 8.42 Å². The first-order chi connectivity index (χ1) is 13.3. The zero-order chi connectivity index (χ0) is 19.9. The first-order valence-electron chi connectivity index (χ1n) is 8.95. The smallest absolute Gasteiger partial charge is 0.175 e. The third-order valence-electron chi connectivity index (χ3n) is 4.72. The molecular formula is C22H21N3O2S. The molecule has 0 fully saturated rings. The Balaban J connectivity index is 1.87. The predicted molar refractivity (Wildman–Crippen MR) is 113 cm³/mol. The number of sulfone groups is 1. The number of hydrogen-bond donors (Lipinski definition) is 1. The van der Waals surface area contributed by atoms with E-state index in [0.717, 1.165) is 34.0 Å². The molecule has 4 rings (SSSR count). The Kier molecular flexibility index (Phi) is 4.43. The van der Waals surface area contributed by atoms with Gasteiger partial charge in [-0.3, -0.25) is 4.40 Å². The monoisotopic (exact) mass is 391 g/mol. The van der Waals surface area contributed by atoms with Gasteiger partial charge in [-0.15, -0.1) is 0 Å². The maximum absolute atomic E-state index is 11.8. The number of anilines is 2. The van der Waals surface area contributed by atoms with E-state index in [2.05, 4.69) is 24.4 Å². The van der Waals surface area contributed by atoms with E-state index in [1.54, 1.807) is 24.3 Å². The summed E-state index contributed by atoms with van der Waals surface area (Å²) in [6.45, 7) is 4.07. The van der Waals surface area contributed by atoms with E-state index in [1.165, 1.54) is 11.8 Å². The van der Waals surface area contributed by atoms with Gasteiger partial charge in [-0.05, 0) is 49.7 Å². The van der Waals surface area contributed by atoms with Gasteiger partial charge in [-0.2, -0.15) is 0 Å². The fourth-order valence-corrected chi connectivity index (χ4v) is 3.79. The topological polar surface area (TPSA) is 63.5 Å². The minimum Gasteiger partial charge on any atom is -0.339 e. The molecule has 0 amide bonds. The molecule has 0 spiro atoms. The highest BCUT2D eigenvalue weighted by Gasteiger charge is 2.16. The molecule has 2 heterocycles. The Bertz CT molecular complexity index is 1260. The minimum absolute atomic E-state index is 0.296. The van der Waals surface area contributed by atoms with Crippen molar-refractivity contribution in [3.8, 4) is 11.3 Å². The summed E-state index contributed by atoms with van der Waals surface area (Å²) in [6, 6.07) is 19.0. The number of pyridine rings is 1. The van der Waals surface area contributed by atoms with Crippen molar-refractivity contribution in [3.63, 3.8) is 0 Å². The lowest BCUT2D eigenvalue weighted by Gasteiger charge is -2.10. The van der Waals surface area contributed by atoms with Crippen LogP contribution >= 0.6 is 0 Å². The van der Waals surface area contributed by atoms with Crippen molar-refractivity contribution in [2.45, 2.75) is 18.7 Å². The molecule has 2 aromatic heterocycles. The zero-order valence-electron chi connectivity index (χ0n) is 16.0. The summed E-state index contributed by atoms with van der Waals surface area (Å²) in [7, 11) is -3.24. The van der Waals surface area contributed by atoms with Crippen molar-refractivity contribution in [3.05, 3.63) is 78.0 Å². The van der Waals surface area contributed by atoms with Crippen LogP contribution in [0.25, 0.3) is 16.9 Å².